The van der Waals surface area contributed by atoms with E-state index in [4.69, 9.17) is 19.2 Å². The second-order valence-electron chi connectivity index (χ2n) is 22.4. The van der Waals surface area contributed by atoms with E-state index in [9.17, 15) is 0 Å². The van der Waals surface area contributed by atoms with E-state index in [1.165, 1.54) is 231 Å². The maximum atomic E-state index is 8.55. The van der Waals surface area contributed by atoms with E-state index in [1.807, 2.05) is 3.64 Å². The van der Waals surface area contributed by atoms with E-state index in [1.54, 1.807) is 22.9 Å². The van der Waals surface area contributed by atoms with Crippen molar-refractivity contribution in [2.45, 2.75) is 300 Å². The molecule has 0 aliphatic heterocycles. The van der Waals surface area contributed by atoms with E-state index < -0.39 is 118 Å². The summed E-state index contributed by atoms with van der Waals surface area (Å²) in [6.07, 6.45) is 50.8. The Balaban J connectivity index is 0.00000107. The molecule has 3 aromatic rings. The van der Waals surface area contributed by atoms with Gasteiger partial charge in [-0.15, -0.1) is 0 Å². The molecule has 0 bridgehead atoms. The molecule has 0 saturated heterocycles. The van der Waals surface area contributed by atoms with Gasteiger partial charge < -0.3 is 19.2 Å². The quantitative estimate of drug-likeness (QED) is 0.0417. The maximum absolute atomic E-state index is 8.55. The first-order valence-corrected chi connectivity index (χ1v) is 45.7. The predicted octanol–water partition coefficient (Wildman–Crippen LogP) is 19.1. The summed E-state index contributed by atoms with van der Waals surface area (Å²) in [5.41, 5.74) is 5.12. The third-order valence-electron chi connectivity index (χ3n) is 15.6. The van der Waals surface area contributed by atoms with Gasteiger partial charge in [0.15, 0.2) is 0 Å². The normalized spacial score (nSPS) is 12.1. The van der Waals surface area contributed by atoms with Crippen molar-refractivity contribution in [1.82, 2.24) is 0 Å². The molecule has 0 spiro atoms. The van der Waals surface area contributed by atoms with E-state index in [0.717, 1.165) is 17.8 Å². The fourth-order valence-electron chi connectivity index (χ4n) is 10.1. The van der Waals surface area contributed by atoms with Crippen LogP contribution in [0.4, 0.5) is 0 Å². The van der Waals surface area contributed by atoms with E-state index in [0.29, 0.717) is 0 Å². The second kappa shape index (κ2) is 58.2. The molecular weight excluding hydrogens is 1360 g/mol. The van der Waals surface area contributed by atoms with Gasteiger partial charge in [-0.25, -0.2) is 0 Å². The van der Waals surface area contributed by atoms with Crippen molar-refractivity contribution in [1.29, 1.82) is 0 Å². The summed E-state index contributed by atoms with van der Waals surface area (Å²) < 4.78 is 18.7. The average Bonchev–Trinajstić information content (AvgIpc) is 3.43. The fourth-order valence-corrected chi connectivity index (χ4v) is 26.0. The molecule has 0 aromatic heterocycles. The predicted molar refractivity (Wildman–Crippen MR) is 325 cm³/mol. The van der Waals surface area contributed by atoms with Crippen molar-refractivity contribution in [3.63, 3.8) is 0 Å². The van der Waals surface area contributed by atoms with Gasteiger partial charge in [0.1, 0.15) is 0 Å². The molecule has 0 radical (unpaired) electrons. The first-order valence-electron chi connectivity index (χ1n) is 32.6. The van der Waals surface area contributed by atoms with E-state index >= 15 is 0 Å². The first-order chi connectivity index (χ1) is 37.4. The van der Waals surface area contributed by atoms with Gasteiger partial charge in [0.2, 0.25) is 0 Å². The molecule has 0 heterocycles. The van der Waals surface area contributed by atoms with Crippen LogP contribution in [-0.4, -0.2) is 0 Å². The summed E-state index contributed by atoms with van der Waals surface area (Å²) in [5.74, 6) is 3.04. The van der Waals surface area contributed by atoms with Crippen molar-refractivity contribution < 1.29 is 129 Å². The molecule has 4 nitrogen and oxygen atoms in total. The number of aryl methyl sites for hydroxylation is 3. The number of hydrogen-bond donors (Lipinski definition) is 0. The monoisotopic (exact) mass is 1470 g/mol. The molecule has 3 aromatic carbocycles. The van der Waals surface area contributed by atoms with Crippen LogP contribution in [-0.2, 0) is 23.8 Å². The molecule has 3 atom stereocenters. The van der Waals surface area contributed by atoms with Gasteiger partial charge in [-0.05, 0) is 0 Å². The van der Waals surface area contributed by atoms with Crippen molar-refractivity contribution in [3.8, 4) is 0 Å². The molecule has 0 saturated carbocycles. The zero-order valence-corrected chi connectivity index (χ0v) is 62.3. The summed E-state index contributed by atoms with van der Waals surface area (Å²) in [5, 5.41) is 0. The maximum Gasteiger partial charge on any atom is -0.159 e. The molecule has 0 aliphatic carbocycles. The summed E-state index contributed by atoms with van der Waals surface area (Å²) in [4.78, 5) is 25.6. The summed E-state index contributed by atoms with van der Waals surface area (Å²) >= 11 is -1.87. The Kier molecular flexibility index (Phi) is 59.6. The zero-order valence-electron chi connectivity index (χ0n) is 51.8. The molecule has 437 valence electrons. The van der Waals surface area contributed by atoms with Gasteiger partial charge in [0, 0.05) is 0 Å². The Hall–Kier alpha value is 1.82. The van der Waals surface area contributed by atoms with Crippen molar-refractivity contribution in [2.75, 3.05) is 0 Å². The van der Waals surface area contributed by atoms with Crippen molar-refractivity contribution >= 4 is 11.5 Å². The minimum atomic E-state index is -5.39. The summed E-state index contributed by atoms with van der Waals surface area (Å²) in [6, 6.07) is 28.3. The average molecular weight is 1480 g/mol. The molecule has 3 unspecified atom stereocenters. The minimum Gasteiger partial charge on any atom is -0.822 e. The van der Waals surface area contributed by atoms with Gasteiger partial charge in [-0.1, -0.05) is 0 Å². The van der Waals surface area contributed by atoms with E-state index in [-0.39, 0.29) is 0 Å². The Morgan fingerprint density at radius 1 is 0.325 bits per heavy atom. The largest absolute Gasteiger partial charge is 0.822 e. The summed E-state index contributed by atoms with van der Waals surface area (Å²) in [6.45, 7) is 21.1. The van der Waals surface area contributed by atoms with Crippen LogP contribution in [0, 0.1) is 128 Å². The standard InChI is InChI=1S/3C15H23.3C8H17.3Nd.H3O4P/c3*1-2-3-4-5-6-7-9-12-15-13-10-8-11-14-15;3*1-4-6-7-8(3)5-2;;;;1-5(2,3)4/h3*8,10-11,13H,2-7,9,12H2,1H3;3*8H,3-7H2,1-2H3;;;;(H3,1,2,3,4)/q;;;;;;3*+1;/p-3. The summed E-state index contributed by atoms with van der Waals surface area (Å²) in [7, 11) is -5.39. The van der Waals surface area contributed by atoms with Gasteiger partial charge in [0.05, 0.1) is 0 Å². The number of rotatable bonds is 45. The minimum absolute atomic E-state index is 0.623. The molecule has 0 amide bonds. The molecular formula is C69H120Nd3O4P. The first kappa shape index (κ1) is 78.8. The van der Waals surface area contributed by atoms with Crippen LogP contribution in [0.1, 0.15) is 291 Å². The van der Waals surface area contributed by atoms with Gasteiger partial charge in [-0.2, -0.15) is 7.82 Å². The van der Waals surface area contributed by atoms with Crippen LogP contribution >= 0.6 is 7.82 Å². The Labute approximate surface area is 540 Å². The van der Waals surface area contributed by atoms with Crippen LogP contribution < -0.4 is 18.3 Å². The third kappa shape index (κ3) is 49.8. The van der Waals surface area contributed by atoms with Crippen LogP contribution in [0.15, 0.2) is 72.8 Å². The fraction of sp³-hybridized carbons (Fsp3) is 0.739. The van der Waals surface area contributed by atoms with Gasteiger partial charge in [0.25, 0.3) is 0 Å². The smallest absolute Gasteiger partial charge is 0.159 e. The number of benzene rings is 3. The van der Waals surface area contributed by atoms with Crippen LogP contribution in [0.25, 0.3) is 0 Å². The molecule has 0 N–H and O–H groups in total. The van der Waals surface area contributed by atoms with Crippen molar-refractivity contribution in [3.05, 3.63) is 89.5 Å². The third-order valence-corrected chi connectivity index (χ3v) is 31.5. The second-order valence-corrected chi connectivity index (χ2v) is 35.8. The Morgan fingerprint density at radius 2 is 0.532 bits per heavy atom. The molecule has 0 fully saturated rings. The number of hydrogen-bond acceptors (Lipinski definition) is 4. The van der Waals surface area contributed by atoms with E-state index in [2.05, 4.69) is 135 Å². The molecule has 77 heavy (non-hydrogen) atoms. The molecule has 3 rings (SSSR count). The Bertz CT molecular complexity index is 1560. The van der Waals surface area contributed by atoms with Gasteiger partial charge in [-0.3, -0.25) is 0 Å². The zero-order chi connectivity index (χ0) is 56.9. The van der Waals surface area contributed by atoms with Crippen molar-refractivity contribution in [2.24, 2.45) is 17.8 Å². The molecule has 0 aliphatic rings. The van der Waals surface area contributed by atoms with Crippen LogP contribution in [0.3, 0.4) is 0 Å². The topological polar surface area (TPSA) is 86.2 Å². The molecule has 8 heteroatoms. The van der Waals surface area contributed by atoms with Crippen LogP contribution in [0.2, 0.25) is 6.21 Å². The van der Waals surface area contributed by atoms with Crippen LogP contribution in [0.5, 0.6) is 0 Å². The SMILES string of the molecule is CCCCCCCCCc1cccc[c]1[Nd+][CH2]C(CC)CCCC.CCCCCCCCCc1cccc[c]1[Nd+][CH2]C(CC)CCCC.CCCCCCCCCc1cccc[c]1[Nd+][CH2]C(CC)CCCC.O=P([O-])([O-])[O-]. The number of unbranched alkanes of at least 4 members (excludes halogenated alkanes) is 21. The number of phosphoric acid groups is 1. The van der Waals surface area contributed by atoms with Gasteiger partial charge >= 0.3 is 521 Å². The Morgan fingerprint density at radius 3 is 0.753 bits per heavy atom.